The van der Waals surface area contributed by atoms with Crippen LogP contribution in [0.15, 0.2) is 48.5 Å². The molecule has 0 saturated heterocycles. The van der Waals surface area contributed by atoms with Crippen molar-refractivity contribution in [2.75, 3.05) is 19.8 Å². The Bertz CT molecular complexity index is 793. The predicted octanol–water partition coefficient (Wildman–Crippen LogP) is 3.27. The molecule has 0 unspecified atom stereocenters. The Morgan fingerprint density at radius 1 is 0.889 bits per heavy atom. The quantitative estimate of drug-likeness (QED) is 0.794. The normalized spacial score (nSPS) is 13.0. The summed E-state index contributed by atoms with van der Waals surface area (Å²) < 4.78 is 10.4. The van der Waals surface area contributed by atoms with Crippen LogP contribution < -0.4 is 5.32 Å². The third kappa shape index (κ3) is 4.74. The summed E-state index contributed by atoms with van der Waals surface area (Å²) in [5, 5.41) is 3.02. The van der Waals surface area contributed by atoms with Gasteiger partial charge in [0.05, 0.1) is 6.54 Å². The zero-order valence-electron chi connectivity index (χ0n) is 16.0. The summed E-state index contributed by atoms with van der Waals surface area (Å²) in [6.45, 7) is 5.76. The zero-order valence-corrected chi connectivity index (χ0v) is 16.0. The van der Waals surface area contributed by atoms with Crippen molar-refractivity contribution in [1.29, 1.82) is 0 Å². The van der Waals surface area contributed by atoms with Crippen LogP contribution in [-0.2, 0) is 19.1 Å². The Balaban J connectivity index is 1.54. The molecule has 0 aliphatic heterocycles. The third-order valence-corrected chi connectivity index (χ3v) is 4.49. The Hall–Kier alpha value is -2.66. The molecule has 0 heterocycles. The number of esters is 2. The SMILES string of the molecule is CC(C)(C)NCC(=O)OCC(=O)OCC1c2ccccc2-c2ccccc21. The highest BCUT2D eigenvalue weighted by atomic mass is 16.6. The molecule has 2 aromatic rings. The third-order valence-electron chi connectivity index (χ3n) is 4.49. The molecule has 3 rings (SSSR count). The molecular formula is C22H25NO4. The minimum atomic E-state index is -0.541. The van der Waals surface area contributed by atoms with E-state index < -0.39 is 11.9 Å². The Morgan fingerprint density at radius 3 is 2.00 bits per heavy atom. The summed E-state index contributed by atoms with van der Waals surface area (Å²) in [6.07, 6.45) is 0. The largest absolute Gasteiger partial charge is 0.462 e. The van der Waals surface area contributed by atoms with Gasteiger partial charge in [-0.1, -0.05) is 48.5 Å². The molecule has 2 aromatic carbocycles. The summed E-state index contributed by atoms with van der Waals surface area (Å²) in [5.74, 6) is -1.01. The first-order chi connectivity index (χ1) is 12.8. The van der Waals surface area contributed by atoms with Gasteiger partial charge in [0.25, 0.3) is 0 Å². The van der Waals surface area contributed by atoms with E-state index in [0.717, 1.165) is 11.1 Å². The van der Waals surface area contributed by atoms with Crippen molar-refractivity contribution in [3.8, 4) is 11.1 Å². The fourth-order valence-electron chi connectivity index (χ4n) is 3.19. The van der Waals surface area contributed by atoms with Gasteiger partial charge in [0.1, 0.15) is 6.61 Å². The minimum Gasteiger partial charge on any atom is -0.462 e. The van der Waals surface area contributed by atoms with Gasteiger partial charge in [-0.05, 0) is 43.0 Å². The monoisotopic (exact) mass is 367 g/mol. The van der Waals surface area contributed by atoms with Crippen LogP contribution in [0.2, 0.25) is 0 Å². The zero-order chi connectivity index (χ0) is 19.4. The highest BCUT2D eigenvalue weighted by molar-refractivity contribution is 5.80. The molecule has 5 nitrogen and oxygen atoms in total. The fraction of sp³-hybridized carbons (Fsp3) is 0.364. The van der Waals surface area contributed by atoms with Crippen LogP contribution in [0.5, 0.6) is 0 Å². The second kappa shape index (κ2) is 7.92. The van der Waals surface area contributed by atoms with Gasteiger partial charge in [-0.3, -0.25) is 4.79 Å². The molecule has 142 valence electrons. The maximum Gasteiger partial charge on any atom is 0.344 e. The minimum absolute atomic E-state index is 0.000362. The van der Waals surface area contributed by atoms with Crippen molar-refractivity contribution in [3.63, 3.8) is 0 Å². The summed E-state index contributed by atoms with van der Waals surface area (Å²) in [4.78, 5) is 23.7. The van der Waals surface area contributed by atoms with Crippen LogP contribution in [0, 0.1) is 0 Å². The average molecular weight is 367 g/mol. The molecule has 0 bridgehead atoms. The lowest BCUT2D eigenvalue weighted by molar-refractivity contribution is -0.158. The highest BCUT2D eigenvalue weighted by Crippen LogP contribution is 2.44. The molecule has 0 radical (unpaired) electrons. The lowest BCUT2D eigenvalue weighted by atomic mass is 9.98. The van der Waals surface area contributed by atoms with Gasteiger partial charge in [0.15, 0.2) is 6.61 Å². The number of hydrogen-bond donors (Lipinski definition) is 1. The number of carbonyl (C=O) groups excluding carboxylic acids is 2. The van der Waals surface area contributed by atoms with Crippen LogP contribution in [0.3, 0.4) is 0 Å². The van der Waals surface area contributed by atoms with E-state index in [0.29, 0.717) is 0 Å². The van der Waals surface area contributed by atoms with Crippen molar-refractivity contribution >= 4 is 11.9 Å². The number of benzene rings is 2. The van der Waals surface area contributed by atoms with Crippen molar-refractivity contribution in [1.82, 2.24) is 5.32 Å². The van der Waals surface area contributed by atoms with E-state index in [4.69, 9.17) is 9.47 Å². The first kappa shape index (κ1) is 19.1. The maximum absolute atomic E-state index is 12.0. The van der Waals surface area contributed by atoms with Crippen LogP contribution in [0.1, 0.15) is 37.8 Å². The number of carbonyl (C=O) groups is 2. The Morgan fingerprint density at radius 2 is 1.44 bits per heavy atom. The first-order valence-electron chi connectivity index (χ1n) is 9.09. The lowest BCUT2D eigenvalue weighted by Crippen LogP contribution is -2.40. The van der Waals surface area contributed by atoms with Crippen molar-refractivity contribution in [3.05, 3.63) is 59.7 Å². The van der Waals surface area contributed by atoms with E-state index in [1.54, 1.807) is 0 Å². The highest BCUT2D eigenvalue weighted by Gasteiger charge is 2.29. The standard InChI is InChI=1S/C22H25NO4/c1-22(2,3)23-12-20(24)27-14-21(25)26-13-19-17-10-6-4-8-15(17)16-9-5-7-11-18(16)19/h4-11,19,23H,12-14H2,1-3H3. The van der Waals surface area contributed by atoms with E-state index >= 15 is 0 Å². The smallest absolute Gasteiger partial charge is 0.344 e. The van der Waals surface area contributed by atoms with Crippen LogP contribution >= 0.6 is 0 Å². The molecule has 0 amide bonds. The van der Waals surface area contributed by atoms with Crippen molar-refractivity contribution < 1.29 is 19.1 Å². The maximum atomic E-state index is 12.0. The molecule has 0 aromatic heterocycles. The predicted molar refractivity (Wildman–Crippen MR) is 103 cm³/mol. The number of fused-ring (bicyclic) bond motifs is 3. The molecular weight excluding hydrogens is 342 g/mol. The number of nitrogens with one attached hydrogen (secondary N) is 1. The van der Waals surface area contributed by atoms with E-state index in [1.807, 2.05) is 45.0 Å². The van der Waals surface area contributed by atoms with Crippen LogP contribution in [0.25, 0.3) is 11.1 Å². The molecule has 0 spiro atoms. The van der Waals surface area contributed by atoms with Gasteiger partial charge in [0.2, 0.25) is 0 Å². The van der Waals surface area contributed by atoms with Crippen molar-refractivity contribution in [2.45, 2.75) is 32.2 Å². The summed E-state index contributed by atoms with van der Waals surface area (Å²) >= 11 is 0. The Kier molecular flexibility index (Phi) is 5.61. The Labute approximate surface area is 159 Å². The van der Waals surface area contributed by atoms with Crippen molar-refractivity contribution in [2.24, 2.45) is 0 Å². The number of ether oxygens (including phenoxy) is 2. The van der Waals surface area contributed by atoms with Crippen LogP contribution in [0.4, 0.5) is 0 Å². The summed E-state index contributed by atoms with van der Waals surface area (Å²) in [6, 6.07) is 16.3. The van der Waals surface area contributed by atoms with E-state index in [9.17, 15) is 9.59 Å². The fourth-order valence-corrected chi connectivity index (χ4v) is 3.19. The summed E-state index contributed by atoms with van der Waals surface area (Å²) in [7, 11) is 0. The molecule has 1 aliphatic carbocycles. The van der Waals surface area contributed by atoms with Crippen LogP contribution in [-0.4, -0.2) is 37.2 Å². The van der Waals surface area contributed by atoms with Gasteiger partial charge < -0.3 is 14.8 Å². The van der Waals surface area contributed by atoms with Gasteiger partial charge in [-0.2, -0.15) is 0 Å². The van der Waals surface area contributed by atoms with Gasteiger partial charge in [-0.15, -0.1) is 0 Å². The van der Waals surface area contributed by atoms with Gasteiger partial charge in [-0.25, -0.2) is 4.79 Å². The molecule has 0 fully saturated rings. The molecule has 1 N–H and O–H groups in total. The molecule has 27 heavy (non-hydrogen) atoms. The van der Waals surface area contributed by atoms with E-state index in [2.05, 4.69) is 29.6 Å². The molecule has 0 saturated carbocycles. The topological polar surface area (TPSA) is 64.6 Å². The van der Waals surface area contributed by atoms with Gasteiger partial charge >= 0.3 is 11.9 Å². The molecule has 5 heteroatoms. The average Bonchev–Trinajstić information content (AvgIpc) is 2.96. The lowest BCUT2D eigenvalue weighted by Gasteiger charge is -2.19. The molecule has 0 atom stereocenters. The van der Waals surface area contributed by atoms with E-state index in [-0.39, 0.29) is 31.2 Å². The second-order valence-electron chi connectivity index (χ2n) is 7.67. The number of rotatable bonds is 6. The van der Waals surface area contributed by atoms with E-state index in [1.165, 1.54) is 11.1 Å². The van der Waals surface area contributed by atoms with Gasteiger partial charge in [0, 0.05) is 11.5 Å². The first-order valence-corrected chi connectivity index (χ1v) is 9.09. The second-order valence-corrected chi connectivity index (χ2v) is 7.67. The molecule has 1 aliphatic rings. The number of hydrogen-bond acceptors (Lipinski definition) is 5. The summed E-state index contributed by atoms with van der Waals surface area (Å²) in [5.41, 5.74) is 4.46.